The first-order chi connectivity index (χ1) is 9.15. The quantitative estimate of drug-likeness (QED) is 0.828. The van der Waals surface area contributed by atoms with Crippen LogP contribution in [0.3, 0.4) is 0 Å². The maximum absolute atomic E-state index is 13.2. The first-order valence-corrected chi connectivity index (χ1v) is 7.89. The molecule has 1 heterocycles. The second kappa shape index (κ2) is 5.16. The van der Waals surface area contributed by atoms with Crippen molar-refractivity contribution in [1.82, 2.24) is 0 Å². The van der Waals surface area contributed by atoms with Gasteiger partial charge in [-0.3, -0.25) is 4.99 Å². The van der Waals surface area contributed by atoms with Gasteiger partial charge in [0.1, 0.15) is 5.82 Å². The molecule has 1 aromatic carbocycles. The van der Waals surface area contributed by atoms with Crippen LogP contribution in [0.25, 0.3) is 0 Å². The van der Waals surface area contributed by atoms with Crippen molar-refractivity contribution in [2.24, 2.45) is 10.9 Å². The molecule has 1 aliphatic carbocycles. The summed E-state index contributed by atoms with van der Waals surface area (Å²) in [7, 11) is 0. The predicted molar refractivity (Wildman–Crippen MR) is 80.3 cm³/mol. The Morgan fingerprint density at radius 2 is 2.37 bits per heavy atom. The molecule has 0 aromatic heterocycles. The van der Waals surface area contributed by atoms with Crippen LogP contribution in [0.2, 0.25) is 0 Å². The lowest BCUT2D eigenvalue weighted by Gasteiger charge is -2.33. The summed E-state index contributed by atoms with van der Waals surface area (Å²) in [6.45, 7) is 2.32. The largest absolute Gasteiger partial charge is 0.335 e. The van der Waals surface area contributed by atoms with Crippen molar-refractivity contribution in [3.8, 4) is 0 Å². The third-order valence-electron chi connectivity index (χ3n) is 3.96. The zero-order chi connectivity index (χ0) is 13.3. The Labute approximate surface area is 117 Å². The number of anilines is 1. The standard InChI is InChI=1S/C15H19FN2S/c1-11-4-3-7-15(9-11)10-19-14(18-15)17-13-6-2-5-12(16)8-13/h2,5-6,8,11H,3-4,7,9-10H2,1H3,(H,17,18). The highest BCUT2D eigenvalue weighted by Gasteiger charge is 2.39. The van der Waals surface area contributed by atoms with Gasteiger partial charge < -0.3 is 5.32 Å². The van der Waals surface area contributed by atoms with E-state index < -0.39 is 0 Å². The summed E-state index contributed by atoms with van der Waals surface area (Å²) < 4.78 is 13.2. The van der Waals surface area contributed by atoms with E-state index in [0.717, 1.165) is 22.5 Å². The molecule has 3 rings (SSSR count). The van der Waals surface area contributed by atoms with Crippen LogP contribution in [0.4, 0.5) is 10.1 Å². The number of thioether (sulfide) groups is 1. The second-order valence-corrected chi connectivity index (χ2v) is 6.73. The van der Waals surface area contributed by atoms with Gasteiger partial charge in [0.05, 0.1) is 5.54 Å². The number of nitrogens with zero attached hydrogens (tertiary/aromatic N) is 1. The molecule has 1 N–H and O–H groups in total. The molecule has 1 spiro atoms. The average Bonchev–Trinajstić information content (AvgIpc) is 2.71. The summed E-state index contributed by atoms with van der Waals surface area (Å²) in [5.74, 6) is 1.62. The van der Waals surface area contributed by atoms with E-state index in [1.807, 2.05) is 6.07 Å². The summed E-state index contributed by atoms with van der Waals surface area (Å²) in [6.07, 6.45) is 4.99. The lowest BCUT2D eigenvalue weighted by molar-refractivity contribution is 0.266. The minimum absolute atomic E-state index is 0.137. The Morgan fingerprint density at radius 1 is 1.47 bits per heavy atom. The highest BCUT2D eigenvalue weighted by molar-refractivity contribution is 8.14. The van der Waals surface area contributed by atoms with Crippen molar-refractivity contribution < 1.29 is 4.39 Å². The van der Waals surface area contributed by atoms with Gasteiger partial charge in [-0.15, -0.1) is 0 Å². The summed E-state index contributed by atoms with van der Waals surface area (Å²) in [4.78, 5) is 4.90. The molecule has 19 heavy (non-hydrogen) atoms. The van der Waals surface area contributed by atoms with Gasteiger partial charge in [0, 0.05) is 11.4 Å². The maximum Gasteiger partial charge on any atom is 0.161 e. The first-order valence-electron chi connectivity index (χ1n) is 6.90. The van der Waals surface area contributed by atoms with E-state index in [0.29, 0.717) is 0 Å². The van der Waals surface area contributed by atoms with Crippen LogP contribution in [0.5, 0.6) is 0 Å². The topological polar surface area (TPSA) is 24.4 Å². The van der Waals surface area contributed by atoms with Gasteiger partial charge in [-0.25, -0.2) is 4.39 Å². The number of benzene rings is 1. The van der Waals surface area contributed by atoms with Crippen molar-refractivity contribution >= 4 is 22.6 Å². The number of nitrogens with one attached hydrogen (secondary N) is 1. The van der Waals surface area contributed by atoms with E-state index in [1.165, 1.54) is 37.8 Å². The summed E-state index contributed by atoms with van der Waals surface area (Å²) in [5, 5.41) is 4.19. The fourth-order valence-corrected chi connectivity index (χ4v) is 4.28. The maximum atomic E-state index is 13.2. The second-order valence-electron chi connectivity index (χ2n) is 5.77. The molecule has 102 valence electrons. The van der Waals surface area contributed by atoms with Crippen LogP contribution in [0, 0.1) is 11.7 Å². The molecule has 0 saturated heterocycles. The van der Waals surface area contributed by atoms with Gasteiger partial charge in [0.15, 0.2) is 5.17 Å². The van der Waals surface area contributed by atoms with E-state index in [4.69, 9.17) is 4.99 Å². The van der Waals surface area contributed by atoms with E-state index in [9.17, 15) is 4.39 Å². The van der Waals surface area contributed by atoms with Gasteiger partial charge in [0.25, 0.3) is 0 Å². The molecule has 1 aromatic rings. The van der Waals surface area contributed by atoms with Crippen molar-refractivity contribution in [2.75, 3.05) is 11.1 Å². The van der Waals surface area contributed by atoms with Crippen LogP contribution < -0.4 is 5.32 Å². The summed E-state index contributed by atoms with van der Waals surface area (Å²) >= 11 is 1.77. The molecule has 2 nitrogen and oxygen atoms in total. The Morgan fingerprint density at radius 3 is 3.16 bits per heavy atom. The molecule has 0 radical (unpaired) electrons. The molecule has 4 heteroatoms. The smallest absolute Gasteiger partial charge is 0.161 e. The molecule has 2 aliphatic rings. The van der Waals surface area contributed by atoms with Crippen molar-refractivity contribution in [3.63, 3.8) is 0 Å². The number of aliphatic imine (C=N–C) groups is 1. The van der Waals surface area contributed by atoms with Crippen molar-refractivity contribution in [1.29, 1.82) is 0 Å². The SMILES string of the molecule is CC1CCCC2(CSC(Nc3cccc(F)c3)=N2)C1. The van der Waals surface area contributed by atoms with Crippen LogP contribution in [0.1, 0.15) is 32.6 Å². The number of amidine groups is 1. The zero-order valence-electron chi connectivity index (χ0n) is 11.2. The van der Waals surface area contributed by atoms with Crippen LogP contribution in [0.15, 0.2) is 29.3 Å². The monoisotopic (exact) mass is 278 g/mol. The molecular formula is C15H19FN2S. The fourth-order valence-electron chi connectivity index (χ4n) is 3.10. The van der Waals surface area contributed by atoms with Gasteiger partial charge >= 0.3 is 0 Å². The molecule has 1 saturated carbocycles. The van der Waals surface area contributed by atoms with Crippen LogP contribution in [-0.4, -0.2) is 16.5 Å². The average molecular weight is 278 g/mol. The Bertz CT molecular complexity index is 503. The third kappa shape index (κ3) is 2.94. The molecule has 2 unspecified atom stereocenters. The molecule has 0 amide bonds. The minimum atomic E-state index is -0.213. The van der Waals surface area contributed by atoms with E-state index >= 15 is 0 Å². The van der Waals surface area contributed by atoms with Gasteiger partial charge in [-0.05, 0) is 37.0 Å². The molecular weight excluding hydrogens is 259 g/mol. The Hall–Kier alpha value is -1.03. The molecule has 1 aliphatic heterocycles. The van der Waals surface area contributed by atoms with E-state index in [1.54, 1.807) is 17.8 Å². The zero-order valence-corrected chi connectivity index (χ0v) is 12.0. The molecule has 2 atom stereocenters. The number of rotatable bonds is 1. The van der Waals surface area contributed by atoms with Crippen molar-refractivity contribution in [2.45, 2.75) is 38.1 Å². The number of halogens is 1. The Kier molecular flexibility index (Phi) is 3.52. The first kappa shape index (κ1) is 13.0. The lowest BCUT2D eigenvalue weighted by atomic mass is 9.78. The van der Waals surface area contributed by atoms with Gasteiger partial charge in [0.2, 0.25) is 0 Å². The lowest BCUT2D eigenvalue weighted by Crippen LogP contribution is -2.33. The summed E-state index contributed by atoms with van der Waals surface area (Å²) in [6, 6.07) is 6.56. The molecule has 0 bridgehead atoms. The van der Waals surface area contributed by atoms with Crippen molar-refractivity contribution in [3.05, 3.63) is 30.1 Å². The van der Waals surface area contributed by atoms with Crippen LogP contribution >= 0.6 is 11.8 Å². The highest BCUT2D eigenvalue weighted by atomic mass is 32.2. The third-order valence-corrected chi connectivity index (χ3v) is 5.11. The molecule has 1 fully saturated rings. The number of hydrogen-bond donors (Lipinski definition) is 1. The fraction of sp³-hybridized carbons (Fsp3) is 0.533. The predicted octanol–water partition coefficient (Wildman–Crippen LogP) is 4.29. The van der Waals surface area contributed by atoms with Gasteiger partial charge in [-0.2, -0.15) is 0 Å². The van der Waals surface area contributed by atoms with Crippen LogP contribution in [-0.2, 0) is 0 Å². The normalized spacial score (nSPS) is 30.4. The number of hydrogen-bond acceptors (Lipinski definition) is 3. The highest BCUT2D eigenvalue weighted by Crippen LogP contribution is 2.42. The Balaban J connectivity index is 1.73. The minimum Gasteiger partial charge on any atom is -0.335 e. The van der Waals surface area contributed by atoms with Gasteiger partial charge in [-0.1, -0.05) is 37.6 Å². The van der Waals surface area contributed by atoms with E-state index in [2.05, 4.69) is 12.2 Å². The van der Waals surface area contributed by atoms with E-state index in [-0.39, 0.29) is 11.4 Å². The summed E-state index contributed by atoms with van der Waals surface area (Å²) in [5.41, 5.74) is 0.921.